The Bertz CT molecular complexity index is 457. The van der Waals surface area contributed by atoms with E-state index in [-0.39, 0.29) is 23.9 Å². The van der Waals surface area contributed by atoms with Crippen molar-refractivity contribution in [1.29, 1.82) is 0 Å². The number of nitrogens with one attached hydrogen (secondary N) is 2. The van der Waals surface area contributed by atoms with Crippen LogP contribution in [0.2, 0.25) is 5.02 Å². The highest BCUT2D eigenvalue weighted by Crippen LogP contribution is 2.20. The Morgan fingerprint density at radius 3 is 2.58 bits per heavy atom. The lowest BCUT2D eigenvalue weighted by atomic mass is 9.90. The third-order valence-corrected chi connectivity index (χ3v) is 3.97. The minimum Gasteiger partial charge on any atom is -0.347 e. The van der Waals surface area contributed by atoms with E-state index >= 15 is 0 Å². The third-order valence-electron chi connectivity index (χ3n) is 3.54. The first-order chi connectivity index (χ1) is 8.50. The Morgan fingerprint density at radius 2 is 2.00 bits per heavy atom. The zero-order valence-electron chi connectivity index (χ0n) is 11.3. The van der Waals surface area contributed by atoms with Crippen LogP contribution in [0.3, 0.4) is 0 Å². The largest absolute Gasteiger partial charge is 0.347 e. The van der Waals surface area contributed by atoms with Crippen LogP contribution in [0, 0.1) is 6.92 Å². The van der Waals surface area contributed by atoms with E-state index in [0.29, 0.717) is 10.6 Å². The number of amides is 1. The van der Waals surface area contributed by atoms with E-state index in [4.69, 9.17) is 11.6 Å². The van der Waals surface area contributed by atoms with E-state index in [1.807, 2.05) is 13.0 Å². The van der Waals surface area contributed by atoms with Crippen LogP contribution in [0.1, 0.15) is 35.7 Å². The first-order valence-corrected chi connectivity index (χ1v) is 6.67. The molecule has 19 heavy (non-hydrogen) atoms. The standard InChI is InChI=1S/C14H19ClN2O.ClH/c1-10-9-11(3-4-12(10)15)13(18)17-14(2)5-7-16-8-6-14;/h3-4,9,16H,5-8H2,1-2H3,(H,17,18);1H. The summed E-state index contributed by atoms with van der Waals surface area (Å²) >= 11 is 5.96. The fourth-order valence-electron chi connectivity index (χ4n) is 2.24. The molecular formula is C14H20Cl2N2O. The van der Waals surface area contributed by atoms with E-state index in [1.54, 1.807) is 12.1 Å². The lowest BCUT2D eigenvalue weighted by Crippen LogP contribution is -2.52. The summed E-state index contributed by atoms with van der Waals surface area (Å²) in [5.74, 6) is -0.0147. The number of carbonyl (C=O) groups excluding carboxylic acids is 1. The van der Waals surface area contributed by atoms with Crippen molar-refractivity contribution in [2.24, 2.45) is 0 Å². The van der Waals surface area contributed by atoms with Crippen molar-refractivity contribution < 1.29 is 4.79 Å². The van der Waals surface area contributed by atoms with Gasteiger partial charge in [0.05, 0.1) is 0 Å². The van der Waals surface area contributed by atoms with E-state index in [9.17, 15) is 4.79 Å². The lowest BCUT2D eigenvalue weighted by molar-refractivity contribution is 0.0887. The van der Waals surface area contributed by atoms with Crippen molar-refractivity contribution in [3.8, 4) is 0 Å². The monoisotopic (exact) mass is 302 g/mol. The highest BCUT2D eigenvalue weighted by Gasteiger charge is 2.28. The zero-order valence-corrected chi connectivity index (χ0v) is 12.8. The van der Waals surface area contributed by atoms with Crippen molar-refractivity contribution in [3.05, 3.63) is 34.3 Å². The zero-order chi connectivity index (χ0) is 13.2. The van der Waals surface area contributed by atoms with Crippen molar-refractivity contribution in [3.63, 3.8) is 0 Å². The van der Waals surface area contributed by atoms with Gasteiger partial charge in [0, 0.05) is 16.1 Å². The number of hydrogen-bond donors (Lipinski definition) is 2. The topological polar surface area (TPSA) is 41.1 Å². The van der Waals surface area contributed by atoms with Crippen LogP contribution >= 0.6 is 24.0 Å². The molecule has 3 nitrogen and oxygen atoms in total. The Morgan fingerprint density at radius 1 is 1.37 bits per heavy atom. The molecule has 1 saturated heterocycles. The molecule has 1 aliphatic rings. The molecule has 0 radical (unpaired) electrons. The lowest BCUT2D eigenvalue weighted by Gasteiger charge is -2.35. The smallest absolute Gasteiger partial charge is 0.251 e. The predicted molar refractivity (Wildman–Crippen MR) is 81.4 cm³/mol. The molecule has 5 heteroatoms. The summed E-state index contributed by atoms with van der Waals surface area (Å²) in [6.07, 6.45) is 1.93. The van der Waals surface area contributed by atoms with Crippen molar-refractivity contribution in [2.75, 3.05) is 13.1 Å². The van der Waals surface area contributed by atoms with E-state index in [2.05, 4.69) is 17.6 Å². The second-order valence-corrected chi connectivity index (χ2v) is 5.64. The van der Waals surface area contributed by atoms with Gasteiger partial charge in [0.2, 0.25) is 0 Å². The molecule has 1 amide bonds. The van der Waals surface area contributed by atoms with E-state index < -0.39 is 0 Å². The number of halogens is 2. The molecular weight excluding hydrogens is 283 g/mol. The molecule has 106 valence electrons. The van der Waals surface area contributed by atoms with Gasteiger partial charge in [-0.2, -0.15) is 0 Å². The molecule has 0 bridgehead atoms. The molecule has 0 saturated carbocycles. The fourth-order valence-corrected chi connectivity index (χ4v) is 2.35. The number of benzene rings is 1. The van der Waals surface area contributed by atoms with Crippen LogP contribution in [0.4, 0.5) is 0 Å². The van der Waals surface area contributed by atoms with Crippen LogP contribution in [-0.2, 0) is 0 Å². The molecule has 0 unspecified atom stereocenters. The van der Waals surface area contributed by atoms with Crippen molar-refractivity contribution in [1.82, 2.24) is 10.6 Å². The van der Waals surface area contributed by atoms with Crippen LogP contribution in [0.15, 0.2) is 18.2 Å². The Hall–Kier alpha value is -0.770. The highest BCUT2D eigenvalue weighted by atomic mass is 35.5. The van der Waals surface area contributed by atoms with Gasteiger partial charge in [-0.1, -0.05) is 11.6 Å². The molecule has 0 atom stereocenters. The Balaban J connectivity index is 0.00000180. The summed E-state index contributed by atoms with van der Waals surface area (Å²) in [5.41, 5.74) is 1.51. The number of hydrogen-bond acceptors (Lipinski definition) is 2. The first-order valence-electron chi connectivity index (χ1n) is 6.30. The van der Waals surface area contributed by atoms with Gasteiger partial charge < -0.3 is 10.6 Å². The maximum Gasteiger partial charge on any atom is 0.251 e. The molecule has 1 fully saturated rings. The van der Waals surface area contributed by atoms with Crippen molar-refractivity contribution >= 4 is 29.9 Å². The Labute approximate surface area is 125 Å². The minimum atomic E-state index is -0.101. The van der Waals surface area contributed by atoms with Gasteiger partial charge >= 0.3 is 0 Å². The van der Waals surface area contributed by atoms with Gasteiger partial charge in [0.1, 0.15) is 0 Å². The Kier molecular flexibility index (Phi) is 5.65. The van der Waals surface area contributed by atoms with Gasteiger partial charge in [-0.15, -0.1) is 12.4 Å². The molecule has 2 rings (SSSR count). The quantitative estimate of drug-likeness (QED) is 0.882. The van der Waals surface area contributed by atoms with E-state index in [0.717, 1.165) is 31.5 Å². The van der Waals surface area contributed by atoms with Gasteiger partial charge in [-0.25, -0.2) is 0 Å². The molecule has 1 aliphatic heterocycles. The highest BCUT2D eigenvalue weighted by molar-refractivity contribution is 6.31. The maximum absolute atomic E-state index is 12.2. The summed E-state index contributed by atoms with van der Waals surface area (Å²) in [6, 6.07) is 5.38. The summed E-state index contributed by atoms with van der Waals surface area (Å²) in [7, 11) is 0. The summed E-state index contributed by atoms with van der Waals surface area (Å²) < 4.78 is 0. The molecule has 1 aromatic rings. The number of aryl methyl sites for hydroxylation is 1. The number of piperidine rings is 1. The average molecular weight is 303 g/mol. The van der Waals surface area contributed by atoms with Crippen LogP contribution in [-0.4, -0.2) is 24.5 Å². The SMILES string of the molecule is Cc1cc(C(=O)NC2(C)CCNCC2)ccc1Cl.Cl. The average Bonchev–Trinajstić information content (AvgIpc) is 2.33. The second-order valence-electron chi connectivity index (χ2n) is 5.23. The molecule has 0 aromatic heterocycles. The third kappa shape index (κ3) is 4.10. The molecule has 0 aliphatic carbocycles. The minimum absolute atomic E-state index is 0. The summed E-state index contributed by atoms with van der Waals surface area (Å²) in [4.78, 5) is 12.2. The maximum atomic E-state index is 12.2. The van der Waals surface area contributed by atoms with Gasteiger partial charge in [-0.3, -0.25) is 4.79 Å². The molecule has 1 heterocycles. The van der Waals surface area contributed by atoms with Gasteiger partial charge in [0.15, 0.2) is 0 Å². The first kappa shape index (κ1) is 16.3. The molecule has 0 spiro atoms. The molecule has 2 N–H and O–H groups in total. The van der Waals surface area contributed by atoms with E-state index in [1.165, 1.54) is 0 Å². The molecule has 1 aromatic carbocycles. The predicted octanol–water partition coefficient (Wildman–Crippen LogP) is 2.94. The summed E-state index contributed by atoms with van der Waals surface area (Å²) in [6.45, 7) is 5.92. The van der Waals surface area contributed by atoms with Crippen LogP contribution < -0.4 is 10.6 Å². The van der Waals surface area contributed by atoms with Crippen LogP contribution in [0.5, 0.6) is 0 Å². The second kappa shape index (κ2) is 6.60. The number of carbonyl (C=O) groups is 1. The fraction of sp³-hybridized carbons (Fsp3) is 0.500. The van der Waals surface area contributed by atoms with Crippen molar-refractivity contribution in [2.45, 2.75) is 32.2 Å². The summed E-state index contributed by atoms with van der Waals surface area (Å²) in [5, 5.41) is 7.13. The van der Waals surface area contributed by atoms with Gasteiger partial charge in [0.25, 0.3) is 5.91 Å². The number of rotatable bonds is 2. The van der Waals surface area contributed by atoms with Gasteiger partial charge in [-0.05, 0) is 63.5 Å². The normalized spacial score (nSPS) is 17.4. The van der Waals surface area contributed by atoms with Crippen LogP contribution in [0.25, 0.3) is 0 Å².